The highest BCUT2D eigenvalue weighted by Crippen LogP contribution is 2.34. The van der Waals surface area contributed by atoms with Gasteiger partial charge in [0.25, 0.3) is 0 Å². The van der Waals surface area contributed by atoms with Crippen LogP contribution in [-0.4, -0.2) is 55.5 Å². The zero-order chi connectivity index (χ0) is 21.3. The number of benzene rings is 2. The van der Waals surface area contributed by atoms with Gasteiger partial charge in [0.1, 0.15) is 16.9 Å². The molecule has 0 unspecified atom stereocenters. The molecule has 0 saturated heterocycles. The van der Waals surface area contributed by atoms with E-state index >= 15 is 0 Å². The molecule has 2 aromatic heterocycles. The lowest BCUT2D eigenvalue weighted by Crippen LogP contribution is -2.35. The summed E-state index contributed by atoms with van der Waals surface area (Å²) in [5.74, 6) is 0.742. The first-order chi connectivity index (χ1) is 14.5. The first-order valence-electron chi connectivity index (χ1n) is 9.21. The molecule has 0 amide bonds. The lowest BCUT2D eigenvalue weighted by molar-refractivity contribution is 0.110. The van der Waals surface area contributed by atoms with Crippen molar-refractivity contribution in [1.82, 2.24) is 4.31 Å². The van der Waals surface area contributed by atoms with Crippen molar-refractivity contribution in [2.75, 3.05) is 26.3 Å². The van der Waals surface area contributed by atoms with Crippen molar-refractivity contribution in [3.05, 3.63) is 54.3 Å². The molecule has 0 aliphatic carbocycles. The normalized spacial score (nSPS) is 12.2. The smallest absolute Gasteiger partial charge is 0.243 e. The predicted octanol–water partition coefficient (Wildman–Crippen LogP) is 2.63. The fourth-order valence-corrected chi connectivity index (χ4v) is 4.81. The van der Waals surface area contributed by atoms with Crippen molar-refractivity contribution in [1.29, 1.82) is 0 Å². The molecular weight excluding hydrogens is 410 g/mol. The number of hydrogen-bond acceptors (Lipinski definition) is 7. The van der Waals surface area contributed by atoms with E-state index in [1.807, 2.05) is 0 Å². The summed E-state index contributed by atoms with van der Waals surface area (Å²) in [6, 6.07) is 13.2. The van der Waals surface area contributed by atoms with Crippen LogP contribution in [0.1, 0.15) is 10.6 Å². The number of rotatable bonds is 8. The largest absolute Gasteiger partial charge is 0.456 e. The third-order valence-corrected chi connectivity index (χ3v) is 6.70. The van der Waals surface area contributed by atoms with Gasteiger partial charge in [0.2, 0.25) is 10.0 Å². The number of hydrogen-bond donors (Lipinski definition) is 2. The molecular formula is C21H19NO7S. The summed E-state index contributed by atoms with van der Waals surface area (Å²) < 4.78 is 38.2. The molecule has 0 aliphatic rings. The van der Waals surface area contributed by atoms with Gasteiger partial charge >= 0.3 is 0 Å². The molecule has 9 heteroatoms. The Labute approximate surface area is 172 Å². The van der Waals surface area contributed by atoms with Crippen LogP contribution in [0.2, 0.25) is 0 Å². The van der Waals surface area contributed by atoms with Crippen molar-refractivity contribution in [3.8, 4) is 11.3 Å². The zero-order valence-electron chi connectivity index (χ0n) is 15.8. The van der Waals surface area contributed by atoms with E-state index in [1.165, 1.54) is 12.1 Å². The average Bonchev–Trinajstić information content (AvgIpc) is 3.37. The second-order valence-corrected chi connectivity index (χ2v) is 8.58. The third kappa shape index (κ3) is 3.52. The maximum absolute atomic E-state index is 12.9. The molecule has 2 heterocycles. The van der Waals surface area contributed by atoms with E-state index in [1.54, 1.807) is 36.4 Å². The SMILES string of the molecule is O=Cc1ccc(-c2ccc3c(c2)oc2ccc(S(=O)(=O)N(CCO)CCO)cc23)o1. The van der Waals surface area contributed by atoms with Gasteiger partial charge in [0.15, 0.2) is 12.0 Å². The van der Waals surface area contributed by atoms with E-state index in [9.17, 15) is 13.2 Å². The number of fused-ring (bicyclic) bond motifs is 3. The summed E-state index contributed by atoms with van der Waals surface area (Å²) in [5, 5.41) is 19.7. The minimum absolute atomic E-state index is 0.0466. The number of aldehydes is 1. The molecule has 0 radical (unpaired) electrons. The maximum Gasteiger partial charge on any atom is 0.243 e. The topological polar surface area (TPSA) is 121 Å². The monoisotopic (exact) mass is 429 g/mol. The highest BCUT2D eigenvalue weighted by molar-refractivity contribution is 7.89. The van der Waals surface area contributed by atoms with Crippen LogP contribution in [0.5, 0.6) is 0 Å². The van der Waals surface area contributed by atoms with Crippen LogP contribution in [0.25, 0.3) is 33.3 Å². The number of carbonyl (C=O) groups excluding carboxylic acids is 1. The predicted molar refractivity (Wildman–Crippen MR) is 110 cm³/mol. The minimum Gasteiger partial charge on any atom is -0.456 e. The summed E-state index contributed by atoms with van der Waals surface area (Å²) in [4.78, 5) is 10.9. The van der Waals surface area contributed by atoms with Gasteiger partial charge in [0.05, 0.1) is 18.1 Å². The van der Waals surface area contributed by atoms with Crippen LogP contribution in [-0.2, 0) is 10.0 Å². The molecule has 0 bridgehead atoms. The molecule has 0 saturated carbocycles. The van der Waals surface area contributed by atoms with Gasteiger partial charge in [-0.1, -0.05) is 6.07 Å². The Morgan fingerprint density at radius 3 is 2.30 bits per heavy atom. The number of nitrogens with zero attached hydrogens (tertiary/aromatic N) is 1. The molecule has 30 heavy (non-hydrogen) atoms. The van der Waals surface area contributed by atoms with Crippen LogP contribution in [0, 0.1) is 0 Å². The first kappa shape index (κ1) is 20.3. The molecule has 8 nitrogen and oxygen atoms in total. The van der Waals surface area contributed by atoms with Gasteiger partial charge in [0, 0.05) is 29.4 Å². The van der Waals surface area contributed by atoms with Crippen molar-refractivity contribution >= 4 is 38.2 Å². The molecule has 0 aliphatic heterocycles. The standard InChI is InChI=1S/C21H19NO7S/c23-9-7-22(8-10-24)30(26,27)16-3-6-20-18(12-16)17-4-1-14(11-21(17)29-20)19-5-2-15(13-25)28-19/h1-6,11-13,23-24H,7-10H2. The van der Waals surface area contributed by atoms with Gasteiger partial charge in [-0.25, -0.2) is 8.42 Å². The lowest BCUT2D eigenvalue weighted by Gasteiger charge is -2.20. The first-order valence-corrected chi connectivity index (χ1v) is 10.7. The van der Waals surface area contributed by atoms with Gasteiger partial charge in [-0.15, -0.1) is 0 Å². The van der Waals surface area contributed by atoms with E-state index in [2.05, 4.69) is 0 Å². The average molecular weight is 429 g/mol. The van der Waals surface area contributed by atoms with Crippen LogP contribution >= 0.6 is 0 Å². The number of aliphatic hydroxyl groups is 2. The van der Waals surface area contributed by atoms with Crippen molar-refractivity contribution in [2.24, 2.45) is 0 Å². The number of furan rings is 2. The van der Waals surface area contributed by atoms with Crippen LogP contribution in [0.3, 0.4) is 0 Å². The molecule has 4 rings (SSSR count). The summed E-state index contributed by atoms with van der Waals surface area (Å²) in [6.07, 6.45) is 0.627. The van der Waals surface area contributed by atoms with Crippen molar-refractivity contribution in [2.45, 2.75) is 4.90 Å². The Bertz CT molecular complexity index is 1310. The minimum atomic E-state index is -3.89. The maximum atomic E-state index is 12.9. The van der Waals surface area contributed by atoms with E-state index in [0.717, 1.165) is 15.3 Å². The molecule has 0 atom stereocenters. The van der Waals surface area contributed by atoms with Crippen LogP contribution in [0.4, 0.5) is 0 Å². The second-order valence-electron chi connectivity index (χ2n) is 6.64. The number of aliphatic hydroxyl groups excluding tert-OH is 2. The van der Waals surface area contributed by atoms with Gasteiger partial charge in [-0.2, -0.15) is 4.31 Å². The zero-order valence-corrected chi connectivity index (χ0v) is 16.6. The van der Waals surface area contributed by atoms with E-state index < -0.39 is 10.0 Å². The van der Waals surface area contributed by atoms with Crippen LogP contribution < -0.4 is 0 Å². The Morgan fingerprint density at radius 1 is 0.867 bits per heavy atom. The van der Waals surface area contributed by atoms with Gasteiger partial charge in [-0.05, 0) is 42.5 Å². The lowest BCUT2D eigenvalue weighted by atomic mass is 10.1. The highest BCUT2D eigenvalue weighted by Gasteiger charge is 2.24. The molecule has 0 spiro atoms. The number of carbonyl (C=O) groups is 1. The molecule has 156 valence electrons. The van der Waals surface area contributed by atoms with Crippen molar-refractivity contribution < 1.29 is 32.3 Å². The highest BCUT2D eigenvalue weighted by atomic mass is 32.2. The second kappa shape index (κ2) is 8.04. The Balaban J connectivity index is 1.79. The summed E-state index contributed by atoms with van der Waals surface area (Å²) in [6.45, 7) is -0.917. The molecule has 4 aromatic rings. The molecule has 2 aromatic carbocycles. The molecule has 2 N–H and O–H groups in total. The Kier molecular flexibility index (Phi) is 5.44. The van der Waals surface area contributed by atoms with E-state index in [0.29, 0.717) is 28.6 Å². The van der Waals surface area contributed by atoms with E-state index in [4.69, 9.17) is 19.0 Å². The van der Waals surface area contributed by atoms with Crippen molar-refractivity contribution in [3.63, 3.8) is 0 Å². The Morgan fingerprint density at radius 2 is 1.63 bits per heavy atom. The van der Waals surface area contributed by atoms with Crippen LogP contribution in [0.15, 0.2) is 62.3 Å². The number of sulfonamides is 1. The summed E-state index contributed by atoms with van der Waals surface area (Å²) >= 11 is 0. The Hall–Kier alpha value is -2.98. The summed E-state index contributed by atoms with van der Waals surface area (Å²) in [7, 11) is -3.89. The fraction of sp³-hybridized carbons (Fsp3) is 0.190. The van der Waals surface area contributed by atoms with E-state index in [-0.39, 0.29) is 37.0 Å². The van der Waals surface area contributed by atoms with Gasteiger partial charge < -0.3 is 19.0 Å². The molecule has 0 fully saturated rings. The summed E-state index contributed by atoms with van der Waals surface area (Å²) in [5.41, 5.74) is 1.79. The third-order valence-electron chi connectivity index (χ3n) is 4.81. The quantitative estimate of drug-likeness (QED) is 0.413. The fourth-order valence-electron chi connectivity index (χ4n) is 3.37. The van der Waals surface area contributed by atoms with Gasteiger partial charge in [-0.3, -0.25) is 4.79 Å².